The summed E-state index contributed by atoms with van der Waals surface area (Å²) in [5.41, 5.74) is 2.23. The number of anilines is 1. The van der Waals surface area contributed by atoms with Crippen LogP contribution in [0.3, 0.4) is 0 Å². The summed E-state index contributed by atoms with van der Waals surface area (Å²) >= 11 is 0. The Hall–Kier alpha value is -3.42. The van der Waals surface area contributed by atoms with E-state index in [0.29, 0.717) is 22.8 Å². The molecule has 0 aliphatic carbocycles. The Morgan fingerprint density at radius 2 is 2.04 bits per heavy atom. The average molecular weight is 325 g/mol. The molecule has 0 unspecified atom stereocenters. The molecule has 8 nitrogen and oxygen atoms in total. The summed E-state index contributed by atoms with van der Waals surface area (Å²) in [5.74, 6) is -0.351. The van der Waals surface area contributed by atoms with E-state index in [1.807, 2.05) is 0 Å². The first kappa shape index (κ1) is 15.5. The Morgan fingerprint density at radius 3 is 2.75 bits per heavy atom. The Kier molecular flexibility index (Phi) is 4.11. The molecule has 3 N–H and O–H groups in total. The minimum absolute atomic E-state index is 0.198. The van der Waals surface area contributed by atoms with Gasteiger partial charge in [0.2, 0.25) is 0 Å². The summed E-state index contributed by atoms with van der Waals surface area (Å²) in [6.07, 6.45) is 4.81. The first-order valence-corrected chi connectivity index (χ1v) is 7.13. The van der Waals surface area contributed by atoms with Crippen LogP contribution in [0.15, 0.2) is 36.8 Å². The first-order valence-electron chi connectivity index (χ1n) is 7.13. The smallest absolute Gasteiger partial charge is 0.356 e. The van der Waals surface area contributed by atoms with Gasteiger partial charge in [0.25, 0.3) is 5.91 Å². The van der Waals surface area contributed by atoms with Gasteiger partial charge in [-0.2, -0.15) is 0 Å². The van der Waals surface area contributed by atoms with Gasteiger partial charge in [-0.05, 0) is 25.1 Å². The summed E-state index contributed by atoms with van der Waals surface area (Å²) in [7, 11) is 1.28. The fraction of sp³-hybridized carbons (Fsp3) is 0.125. The molecule has 0 bridgehead atoms. The minimum Gasteiger partial charge on any atom is -0.464 e. The molecule has 122 valence electrons. The van der Waals surface area contributed by atoms with Crippen molar-refractivity contribution in [2.45, 2.75) is 6.92 Å². The monoisotopic (exact) mass is 325 g/mol. The Bertz CT molecular complexity index is 883. The van der Waals surface area contributed by atoms with Gasteiger partial charge >= 0.3 is 5.97 Å². The number of imidazole rings is 1. The van der Waals surface area contributed by atoms with Crippen molar-refractivity contribution in [2.24, 2.45) is 0 Å². The van der Waals surface area contributed by atoms with Gasteiger partial charge in [-0.3, -0.25) is 9.78 Å². The van der Waals surface area contributed by atoms with Crippen molar-refractivity contribution in [1.82, 2.24) is 19.9 Å². The summed E-state index contributed by atoms with van der Waals surface area (Å²) in [6, 6.07) is 4.86. The Morgan fingerprint density at radius 1 is 1.21 bits per heavy atom. The molecule has 3 aromatic rings. The molecular weight excluding hydrogens is 310 g/mol. The highest BCUT2D eigenvalue weighted by Gasteiger charge is 2.18. The highest BCUT2D eigenvalue weighted by atomic mass is 16.5. The van der Waals surface area contributed by atoms with Gasteiger partial charge in [0.15, 0.2) is 5.82 Å². The number of hydrogen-bond acceptors (Lipinski definition) is 5. The highest BCUT2D eigenvalue weighted by molar-refractivity contribution is 6.07. The number of aromatic nitrogens is 4. The number of pyridine rings is 1. The van der Waals surface area contributed by atoms with E-state index in [1.165, 1.54) is 13.3 Å². The summed E-state index contributed by atoms with van der Waals surface area (Å²) < 4.78 is 4.70. The van der Waals surface area contributed by atoms with Crippen LogP contribution >= 0.6 is 0 Å². The molecule has 1 amide bonds. The maximum atomic E-state index is 12.5. The quantitative estimate of drug-likeness (QED) is 0.636. The number of esters is 1. The third-order valence-electron chi connectivity index (χ3n) is 3.35. The van der Waals surface area contributed by atoms with Crippen LogP contribution in [0.4, 0.5) is 5.69 Å². The van der Waals surface area contributed by atoms with Crippen LogP contribution in [-0.2, 0) is 4.74 Å². The van der Waals surface area contributed by atoms with Crippen molar-refractivity contribution in [1.29, 1.82) is 0 Å². The molecule has 3 aromatic heterocycles. The second-order valence-corrected chi connectivity index (χ2v) is 5.05. The predicted molar refractivity (Wildman–Crippen MR) is 86.6 cm³/mol. The zero-order chi connectivity index (χ0) is 17.1. The number of ether oxygens (including phenoxy) is 1. The zero-order valence-electron chi connectivity index (χ0n) is 13.1. The maximum absolute atomic E-state index is 12.5. The number of carbonyl (C=O) groups is 2. The van der Waals surface area contributed by atoms with Crippen LogP contribution in [0.2, 0.25) is 0 Å². The van der Waals surface area contributed by atoms with Crippen molar-refractivity contribution in [3.63, 3.8) is 0 Å². The van der Waals surface area contributed by atoms with Gasteiger partial charge in [0.05, 0.1) is 12.8 Å². The number of amides is 1. The molecule has 8 heteroatoms. The average Bonchev–Trinajstić information content (AvgIpc) is 3.24. The van der Waals surface area contributed by atoms with Gasteiger partial charge in [-0.25, -0.2) is 9.78 Å². The number of hydrogen-bond donors (Lipinski definition) is 3. The van der Waals surface area contributed by atoms with E-state index >= 15 is 0 Å². The summed E-state index contributed by atoms with van der Waals surface area (Å²) in [5, 5.41) is 2.71. The molecule has 0 fully saturated rings. The van der Waals surface area contributed by atoms with Crippen LogP contribution < -0.4 is 5.32 Å². The fourth-order valence-electron chi connectivity index (χ4n) is 2.25. The number of nitrogens with zero attached hydrogens (tertiary/aromatic N) is 2. The van der Waals surface area contributed by atoms with Crippen molar-refractivity contribution in [2.75, 3.05) is 12.4 Å². The molecule has 0 spiro atoms. The molecule has 0 aromatic carbocycles. The van der Waals surface area contributed by atoms with Crippen molar-refractivity contribution in [3.05, 3.63) is 53.7 Å². The number of aromatic amines is 2. The number of methoxy groups -OCH3 is 1. The van der Waals surface area contributed by atoms with Crippen LogP contribution in [0.25, 0.3) is 11.5 Å². The van der Waals surface area contributed by atoms with Crippen molar-refractivity contribution in [3.8, 4) is 11.5 Å². The lowest BCUT2D eigenvalue weighted by Crippen LogP contribution is -2.15. The zero-order valence-corrected chi connectivity index (χ0v) is 13.1. The summed E-state index contributed by atoms with van der Waals surface area (Å²) in [4.78, 5) is 38.3. The topological polar surface area (TPSA) is 113 Å². The van der Waals surface area contributed by atoms with Gasteiger partial charge < -0.3 is 20.0 Å². The molecule has 3 rings (SSSR count). The SMILES string of the molecule is COC(=O)c1[nH]c(C)cc1NC(=O)c1ccnc(-c2ncc[nH]2)c1. The molecule has 0 aliphatic rings. The molecule has 0 saturated carbocycles. The van der Waals surface area contributed by atoms with Gasteiger partial charge in [-0.1, -0.05) is 0 Å². The number of nitrogens with one attached hydrogen (secondary N) is 3. The fourth-order valence-corrected chi connectivity index (χ4v) is 2.25. The maximum Gasteiger partial charge on any atom is 0.356 e. The van der Waals surface area contributed by atoms with E-state index in [4.69, 9.17) is 4.74 Å². The third kappa shape index (κ3) is 3.02. The number of carbonyl (C=O) groups excluding carboxylic acids is 2. The second-order valence-electron chi connectivity index (χ2n) is 5.05. The largest absolute Gasteiger partial charge is 0.464 e. The molecule has 0 atom stereocenters. The van der Waals surface area contributed by atoms with Gasteiger partial charge in [0.1, 0.15) is 11.4 Å². The van der Waals surface area contributed by atoms with Crippen LogP contribution in [0, 0.1) is 6.92 Å². The lowest BCUT2D eigenvalue weighted by atomic mass is 10.2. The molecule has 0 aliphatic heterocycles. The molecule has 0 radical (unpaired) electrons. The van der Waals surface area contributed by atoms with E-state index in [2.05, 4.69) is 25.3 Å². The number of H-pyrrole nitrogens is 2. The summed E-state index contributed by atoms with van der Waals surface area (Å²) in [6.45, 7) is 1.78. The first-order chi connectivity index (χ1) is 11.6. The van der Waals surface area contributed by atoms with E-state index in [1.54, 1.807) is 37.5 Å². The molecular formula is C16H15N5O3. The Balaban J connectivity index is 1.86. The van der Waals surface area contributed by atoms with Crippen LogP contribution in [0.5, 0.6) is 0 Å². The van der Waals surface area contributed by atoms with Gasteiger partial charge in [0, 0.05) is 29.8 Å². The van der Waals surface area contributed by atoms with E-state index in [0.717, 1.165) is 5.69 Å². The minimum atomic E-state index is -0.551. The van der Waals surface area contributed by atoms with E-state index in [9.17, 15) is 9.59 Å². The van der Waals surface area contributed by atoms with Crippen molar-refractivity contribution < 1.29 is 14.3 Å². The molecule has 0 saturated heterocycles. The third-order valence-corrected chi connectivity index (χ3v) is 3.35. The van der Waals surface area contributed by atoms with Crippen LogP contribution in [0.1, 0.15) is 26.5 Å². The van der Waals surface area contributed by atoms with E-state index < -0.39 is 5.97 Å². The number of aryl methyl sites for hydroxylation is 1. The lowest BCUT2D eigenvalue weighted by molar-refractivity contribution is 0.0596. The lowest BCUT2D eigenvalue weighted by Gasteiger charge is -2.06. The van der Waals surface area contributed by atoms with Crippen LogP contribution in [-0.4, -0.2) is 38.9 Å². The second kappa shape index (κ2) is 6.37. The predicted octanol–water partition coefficient (Wildman–Crippen LogP) is 2.15. The standard InChI is InChI=1S/C16H15N5O3/c1-9-7-11(13(20-9)16(23)24-2)21-15(22)10-3-4-17-12(8-10)14-18-5-6-19-14/h3-8,20H,1-2H3,(H,18,19)(H,21,22). The number of rotatable bonds is 4. The Labute approximate surface area is 137 Å². The van der Waals surface area contributed by atoms with Crippen molar-refractivity contribution >= 4 is 17.6 Å². The highest BCUT2D eigenvalue weighted by Crippen LogP contribution is 2.20. The van der Waals surface area contributed by atoms with Gasteiger partial charge in [-0.15, -0.1) is 0 Å². The normalized spacial score (nSPS) is 10.4. The molecule has 3 heterocycles. The molecule has 24 heavy (non-hydrogen) atoms. The van der Waals surface area contributed by atoms with E-state index in [-0.39, 0.29) is 11.6 Å².